The van der Waals surface area contributed by atoms with Crippen molar-refractivity contribution < 1.29 is 9.32 Å². The summed E-state index contributed by atoms with van der Waals surface area (Å²) in [5.74, 6) is 2.20. The Labute approximate surface area is 159 Å². The first kappa shape index (κ1) is 18.9. The van der Waals surface area contributed by atoms with E-state index in [0.717, 1.165) is 36.7 Å². The number of aryl methyl sites for hydroxylation is 1. The lowest BCUT2D eigenvalue weighted by Crippen LogP contribution is -2.38. The Morgan fingerprint density at radius 1 is 1.30 bits per heavy atom. The highest BCUT2D eigenvalue weighted by molar-refractivity contribution is 5.95. The van der Waals surface area contributed by atoms with Crippen molar-refractivity contribution in [3.63, 3.8) is 0 Å². The second-order valence-corrected chi connectivity index (χ2v) is 6.42. The molecule has 8 nitrogen and oxygen atoms in total. The van der Waals surface area contributed by atoms with Crippen LogP contribution in [0.4, 0.5) is 5.69 Å². The van der Waals surface area contributed by atoms with Gasteiger partial charge in [0.2, 0.25) is 11.8 Å². The molecule has 1 aliphatic heterocycles. The maximum absolute atomic E-state index is 11.8. The number of rotatable bonds is 7. The number of nitrogens with one attached hydrogen (secondary N) is 2. The predicted molar refractivity (Wildman–Crippen MR) is 104 cm³/mol. The van der Waals surface area contributed by atoms with Crippen LogP contribution in [0.15, 0.2) is 33.8 Å². The summed E-state index contributed by atoms with van der Waals surface area (Å²) >= 11 is 0. The van der Waals surface area contributed by atoms with Crippen molar-refractivity contribution in [2.45, 2.75) is 39.7 Å². The van der Waals surface area contributed by atoms with Crippen LogP contribution in [0.5, 0.6) is 0 Å². The van der Waals surface area contributed by atoms with E-state index in [0.29, 0.717) is 37.6 Å². The van der Waals surface area contributed by atoms with Gasteiger partial charge < -0.3 is 20.1 Å². The van der Waals surface area contributed by atoms with E-state index in [9.17, 15) is 4.79 Å². The summed E-state index contributed by atoms with van der Waals surface area (Å²) in [6, 6.07) is 8.03. The molecule has 1 fully saturated rings. The molecule has 27 heavy (non-hydrogen) atoms. The normalized spacial score (nSPS) is 14.7. The zero-order chi connectivity index (χ0) is 19.1. The number of aromatic nitrogens is 2. The molecular formula is C19H26N6O2. The molecule has 3 rings (SSSR count). The first-order valence-corrected chi connectivity index (χ1v) is 9.36. The van der Waals surface area contributed by atoms with Crippen molar-refractivity contribution in [1.82, 2.24) is 20.8 Å². The molecule has 1 aliphatic rings. The molecule has 0 unspecified atom stereocenters. The van der Waals surface area contributed by atoms with Crippen LogP contribution in [-0.4, -0.2) is 41.6 Å². The monoisotopic (exact) mass is 370 g/mol. The molecule has 1 saturated heterocycles. The van der Waals surface area contributed by atoms with Gasteiger partial charge in [0.1, 0.15) is 0 Å². The van der Waals surface area contributed by atoms with Gasteiger partial charge in [-0.3, -0.25) is 4.79 Å². The summed E-state index contributed by atoms with van der Waals surface area (Å²) in [7, 11) is 0. The van der Waals surface area contributed by atoms with Gasteiger partial charge in [-0.1, -0.05) is 17.3 Å². The predicted octanol–water partition coefficient (Wildman–Crippen LogP) is 1.80. The highest BCUT2D eigenvalue weighted by Gasteiger charge is 2.21. The van der Waals surface area contributed by atoms with Crippen LogP contribution >= 0.6 is 0 Å². The fraction of sp³-hybridized carbons (Fsp3) is 0.474. The second-order valence-electron chi connectivity index (χ2n) is 6.42. The number of anilines is 1. The Balaban J connectivity index is 1.53. The third-order valence-electron chi connectivity index (χ3n) is 4.29. The van der Waals surface area contributed by atoms with Crippen LogP contribution in [-0.2, 0) is 17.8 Å². The summed E-state index contributed by atoms with van der Waals surface area (Å²) in [4.78, 5) is 22.5. The first-order chi connectivity index (χ1) is 13.2. The summed E-state index contributed by atoms with van der Waals surface area (Å²) < 4.78 is 5.11. The smallest absolute Gasteiger partial charge is 0.228 e. The van der Waals surface area contributed by atoms with E-state index in [-0.39, 0.29) is 5.91 Å². The van der Waals surface area contributed by atoms with Gasteiger partial charge in [0.25, 0.3) is 0 Å². The minimum absolute atomic E-state index is 0.204. The van der Waals surface area contributed by atoms with Crippen LogP contribution in [0.3, 0.4) is 0 Å². The average Bonchev–Trinajstić information content (AvgIpc) is 3.28. The number of hydrogen-bond acceptors (Lipinski definition) is 5. The molecule has 1 aromatic carbocycles. The zero-order valence-corrected chi connectivity index (χ0v) is 15.9. The highest BCUT2D eigenvalue weighted by atomic mass is 16.5. The molecule has 0 radical (unpaired) electrons. The average molecular weight is 370 g/mol. The Kier molecular flexibility index (Phi) is 6.40. The van der Waals surface area contributed by atoms with E-state index in [1.54, 1.807) is 6.92 Å². The number of nitrogens with zero attached hydrogens (tertiary/aromatic N) is 4. The number of carbonyl (C=O) groups is 1. The topological polar surface area (TPSA) is 95.7 Å². The van der Waals surface area contributed by atoms with Crippen LogP contribution < -0.4 is 15.5 Å². The minimum atomic E-state index is 0.204. The Hall–Kier alpha value is -2.90. The molecule has 0 aliphatic carbocycles. The highest BCUT2D eigenvalue weighted by Crippen LogP contribution is 2.21. The van der Waals surface area contributed by atoms with Crippen molar-refractivity contribution in [2.24, 2.45) is 4.99 Å². The molecule has 0 atom stereocenters. The largest absolute Gasteiger partial charge is 0.357 e. The van der Waals surface area contributed by atoms with Gasteiger partial charge in [0.15, 0.2) is 11.8 Å². The fourth-order valence-corrected chi connectivity index (χ4v) is 2.94. The first-order valence-electron chi connectivity index (χ1n) is 9.36. The molecule has 8 heteroatoms. The Morgan fingerprint density at radius 3 is 2.74 bits per heavy atom. The minimum Gasteiger partial charge on any atom is -0.357 e. The maximum Gasteiger partial charge on any atom is 0.228 e. The molecule has 144 valence electrons. The number of aliphatic imine (C=N–C) groups is 1. The quantitative estimate of drug-likeness (QED) is 0.570. The van der Waals surface area contributed by atoms with E-state index < -0.39 is 0 Å². The van der Waals surface area contributed by atoms with Gasteiger partial charge in [-0.15, -0.1) is 0 Å². The van der Waals surface area contributed by atoms with E-state index in [1.807, 2.05) is 36.1 Å². The van der Waals surface area contributed by atoms with Crippen molar-refractivity contribution in [3.05, 3.63) is 41.5 Å². The SMILES string of the molecule is CCNC(=NCc1ccc(N2CCCC2=O)cc1)NCCc1nc(C)no1. The lowest BCUT2D eigenvalue weighted by atomic mass is 10.2. The second kappa shape index (κ2) is 9.16. The molecular weight excluding hydrogens is 344 g/mol. The van der Waals surface area contributed by atoms with Crippen molar-refractivity contribution in [3.8, 4) is 0 Å². The summed E-state index contributed by atoms with van der Waals surface area (Å²) in [5, 5.41) is 10.3. The number of benzene rings is 1. The van der Waals surface area contributed by atoms with Crippen LogP contribution in [0.2, 0.25) is 0 Å². The zero-order valence-electron chi connectivity index (χ0n) is 15.9. The lowest BCUT2D eigenvalue weighted by Gasteiger charge is -2.15. The fourth-order valence-electron chi connectivity index (χ4n) is 2.94. The van der Waals surface area contributed by atoms with Gasteiger partial charge in [-0.25, -0.2) is 4.99 Å². The molecule has 2 heterocycles. The summed E-state index contributed by atoms with van der Waals surface area (Å²) in [6.45, 7) is 6.63. The maximum atomic E-state index is 11.8. The van der Waals surface area contributed by atoms with Gasteiger partial charge in [-0.2, -0.15) is 4.98 Å². The number of guanidine groups is 1. The third-order valence-corrected chi connectivity index (χ3v) is 4.29. The molecule has 2 N–H and O–H groups in total. The number of carbonyl (C=O) groups excluding carboxylic acids is 1. The molecule has 2 aromatic rings. The van der Waals surface area contributed by atoms with Crippen LogP contribution in [0.1, 0.15) is 37.0 Å². The van der Waals surface area contributed by atoms with Crippen molar-refractivity contribution in [1.29, 1.82) is 0 Å². The van der Waals surface area contributed by atoms with E-state index in [2.05, 4.69) is 25.8 Å². The van der Waals surface area contributed by atoms with Crippen LogP contribution in [0.25, 0.3) is 0 Å². The van der Waals surface area contributed by atoms with Gasteiger partial charge in [0.05, 0.1) is 6.54 Å². The summed E-state index contributed by atoms with van der Waals surface area (Å²) in [6.07, 6.45) is 2.22. The van der Waals surface area contributed by atoms with Gasteiger partial charge in [0, 0.05) is 38.2 Å². The molecule has 0 spiro atoms. The van der Waals surface area contributed by atoms with Gasteiger partial charge in [-0.05, 0) is 38.0 Å². The van der Waals surface area contributed by atoms with E-state index in [1.165, 1.54) is 0 Å². The van der Waals surface area contributed by atoms with Crippen molar-refractivity contribution >= 4 is 17.6 Å². The van der Waals surface area contributed by atoms with Crippen molar-refractivity contribution in [2.75, 3.05) is 24.5 Å². The molecule has 1 aromatic heterocycles. The Bertz CT molecular complexity index is 784. The van der Waals surface area contributed by atoms with Crippen LogP contribution in [0, 0.1) is 6.92 Å². The molecule has 0 bridgehead atoms. The number of hydrogen-bond donors (Lipinski definition) is 2. The third kappa shape index (κ3) is 5.29. The Morgan fingerprint density at radius 2 is 2.11 bits per heavy atom. The standard InChI is InChI=1S/C19H26N6O2/c1-3-20-19(21-11-10-17-23-14(2)24-27-17)22-13-15-6-8-16(9-7-15)25-12-4-5-18(25)26/h6-9H,3-5,10-13H2,1-2H3,(H2,20,21,22). The molecule has 0 saturated carbocycles. The van der Waals surface area contributed by atoms with E-state index in [4.69, 9.17) is 4.52 Å². The van der Waals surface area contributed by atoms with Gasteiger partial charge >= 0.3 is 0 Å². The molecule has 1 amide bonds. The number of amides is 1. The summed E-state index contributed by atoms with van der Waals surface area (Å²) in [5.41, 5.74) is 2.06. The van der Waals surface area contributed by atoms with E-state index >= 15 is 0 Å². The lowest BCUT2D eigenvalue weighted by molar-refractivity contribution is -0.117.